The van der Waals surface area contributed by atoms with Crippen LogP contribution in [0.4, 0.5) is 0 Å². The summed E-state index contributed by atoms with van der Waals surface area (Å²) in [6.45, 7) is 3.25. The Hall–Kier alpha value is -1.63. The quantitative estimate of drug-likeness (QED) is 0.880. The van der Waals surface area contributed by atoms with Crippen molar-refractivity contribution < 1.29 is 19.7 Å². The van der Waals surface area contributed by atoms with Gasteiger partial charge >= 0.3 is 5.97 Å². The number of thiazole rings is 1. The minimum absolute atomic E-state index is 0.0197. The van der Waals surface area contributed by atoms with Gasteiger partial charge in [0.05, 0.1) is 17.9 Å². The van der Waals surface area contributed by atoms with E-state index < -0.39 is 18.2 Å². The van der Waals surface area contributed by atoms with Crippen LogP contribution in [0.5, 0.6) is 5.75 Å². The van der Waals surface area contributed by atoms with Crippen molar-refractivity contribution in [3.8, 4) is 16.3 Å². The number of carboxylic acid groups (broad SMARTS) is 1. The maximum absolute atomic E-state index is 11.4. The molecule has 112 valence electrons. The molecule has 0 radical (unpaired) electrons. The summed E-state index contributed by atoms with van der Waals surface area (Å²) < 4.78 is 6.16. The number of carbonyl (C=O) groups is 1. The number of halogens is 1. The van der Waals surface area contributed by atoms with Gasteiger partial charge in [0.15, 0.2) is 0 Å². The van der Waals surface area contributed by atoms with E-state index in [9.17, 15) is 15.0 Å². The van der Waals surface area contributed by atoms with Crippen LogP contribution in [0, 0.1) is 0 Å². The second kappa shape index (κ2) is 6.43. The summed E-state index contributed by atoms with van der Waals surface area (Å²) in [7, 11) is 0. The molecule has 1 heterocycles. The monoisotopic (exact) mass is 327 g/mol. The van der Waals surface area contributed by atoms with E-state index >= 15 is 0 Å². The Labute approximate surface area is 130 Å². The van der Waals surface area contributed by atoms with E-state index in [4.69, 9.17) is 16.3 Å². The van der Waals surface area contributed by atoms with Gasteiger partial charge in [0.1, 0.15) is 26.8 Å². The maximum Gasteiger partial charge on any atom is 0.339 e. The van der Waals surface area contributed by atoms with Crippen molar-refractivity contribution in [3.05, 3.63) is 34.3 Å². The third kappa shape index (κ3) is 3.53. The van der Waals surface area contributed by atoms with Crippen molar-refractivity contribution in [2.75, 3.05) is 0 Å². The fraction of sp³-hybridized carbons (Fsp3) is 0.286. The van der Waals surface area contributed by atoms with Gasteiger partial charge in [-0.2, -0.15) is 0 Å². The van der Waals surface area contributed by atoms with Crippen LogP contribution in [-0.2, 0) is 0 Å². The van der Waals surface area contributed by atoms with Crippen molar-refractivity contribution in [1.82, 2.24) is 4.98 Å². The third-order valence-electron chi connectivity index (χ3n) is 2.94. The smallest absolute Gasteiger partial charge is 0.339 e. The van der Waals surface area contributed by atoms with E-state index in [0.29, 0.717) is 14.9 Å². The molecule has 0 aliphatic rings. The van der Waals surface area contributed by atoms with Crippen LogP contribution < -0.4 is 4.74 Å². The lowest BCUT2D eigenvalue weighted by Gasteiger charge is -2.20. The Morgan fingerprint density at radius 1 is 1.43 bits per heavy atom. The number of benzene rings is 1. The number of aliphatic hydroxyl groups is 1. The van der Waals surface area contributed by atoms with Gasteiger partial charge < -0.3 is 14.9 Å². The lowest BCUT2D eigenvalue weighted by molar-refractivity contribution is 0.0563. The summed E-state index contributed by atoms with van der Waals surface area (Å²) >= 11 is 7.11. The average molecular weight is 328 g/mol. The highest BCUT2D eigenvalue weighted by atomic mass is 35.5. The second-order valence-corrected chi connectivity index (χ2v) is 6.18. The molecule has 2 N–H and O–H groups in total. The van der Waals surface area contributed by atoms with Gasteiger partial charge in [0, 0.05) is 0 Å². The first-order valence-corrected chi connectivity index (χ1v) is 7.42. The molecule has 2 rings (SSSR count). The van der Waals surface area contributed by atoms with Crippen molar-refractivity contribution in [2.45, 2.75) is 26.1 Å². The molecule has 7 heteroatoms. The fourth-order valence-corrected chi connectivity index (χ4v) is 2.60. The fourth-order valence-electron chi connectivity index (χ4n) is 1.66. The summed E-state index contributed by atoms with van der Waals surface area (Å²) in [5, 5.41) is 19.4. The molecule has 0 saturated heterocycles. The van der Waals surface area contributed by atoms with Crippen molar-refractivity contribution >= 4 is 28.9 Å². The maximum atomic E-state index is 11.4. The molecule has 0 aliphatic heterocycles. The summed E-state index contributed by atoms with van der Waals surface area (Å²) in [5.74, 6) is -0.920. The van der Waals surface area contributed by atoms with Gasteiger partial charge in [-0.15, -0.1) is 11.3 Å². The normalized spacial score (nSPS) is 13.7. The van der Waals surface area contributed by atoms with Crippen molar-refractivity contribution in [3.63, 3.8) is 0 Å². The molecule has 21 heavy (non-hydrogen) atoms. The van der Waals surface area contributed by atoms with E-state index in [1.807, 2.05) is 0 Å². The lowest BCUT2D eigenvalue weighted by Crippen LogP contribution is -2.26. The number of hydrogen-bond acceptors (Lipinski definition) is 5. The van der Waals surface area contributed by atoms with E-state index in [-0.39, 0.29) is 11.3 Å². The molecule has 0 amide bonds. The Bertz CT molecular complexity index is 656. The number of aliphatic hydroxyl groups excluding tert-OH is 1. The van der Waals surface area contributed by atoms with Gasteiger partial charge in [-0.3, -0.25) is 0 Å². The van der Waals surface area contributed by atoms with Crippen LogP contribution in [0.1, 0.15) is 24.2 Å². The van der Waals surface area contributed by atoms with Crippen LogP contribution in [0.25, 0.3) is 10.6 Å². The van der Waals surface area contributed by atoms with Crippen LogP contribution in [0.2, 0.25) is 4.34 Å². The van der Waals surface area contributed by atoms with Crippen LogP contribution in [0.3, 0.4) is 0 Å². The second-order valence-electron chi connectivity index (χ2n) is 4.52. The minimum atomic E-state index is -1.10. The third-order valence-corrected chi connectivity index (χ3v) is 4.08. The summed E-state index contributed by atoms with van der Waals surface area (Å²) in [6.07, 6.45) is 0.205. The first-order valence-electron chi connectivity index (χ1n) is 6.23. The predicted octanol–water partition coefficient (Wildman–Crippen LogP) is 3.31. The zero-order chi connectivity index (χ0) is 15.6. The number of carboxylic acids is 1. The SMILES string of the molecule is CC(O)C(C)Oc1c(C(=O)O)cccc1-c1ncc(Cl)s1. The highest BCUT2D eigenvalue weighted by molar-refractivity contribution is 7.18. The Balaban J connectivity index is 2.54. The van der Waals surface area contributed by atoms with Crippen LogP contribution in [-0.4, -0.2) is 33.4 Å². The molecule has 1 aromatic heterocycles. The number of para-hydroxylation sites is 1. The lowest BCUT2D eigenvalue weighted by atomic mass is 10.1. The molecule has 0 spiro atoms. The van der Waals surface area contributed by atoms with Crippen LogP contribution in [0.15, 0.2) is 24.4 Å². The van der Waals surface area contributed by atoms with E-state index in [2.05, 4.69) is 4.98 Å². The number of ether oxygens (including phenoxy) is 1. The Kier molecular flexibility index (Phi) is 4.82. The largest absolute Gasteiger partial charge is 0.486 e. The van der Waals surface area contributed by atoms with Gasteiger partial charge in [0.2, 0.25) is 0 Å². The molecule has 0 bridgehead atoms. The molecule has 0 saturated carbocycles. The van der Waals surface area contributed by atoms with Crippen molar-refractivity contribution in [1.29, 1.82) is 0 Å². The molecule has 2 aromatic rings. The topological polar surface area (TPSA) is 79.7 Å². The first kappa shape index (κ1) is 15.8. The van der Waals surface area contributed by atoms with E-state index in [1.165, 1.54) is 23.6 Å². The highest BCUT2D eigenvalue weighted by Crippen LogP contribution is 2.37. The standard InChI is InChI=1S/C14H14ClNO4S/c1-7(17)8(2)20-12-9(13-16-6-11(15)21-13)4-3-5-10(12)14(18)19/h3-8,17H,1-2H3,(H,18,19). The molecule has 0 fully saturated rings. The molecule has 1 aromatic carbocycles. The molecular weight excluding hydrogens is 314 g/mol. The summed E-state index contributed by atoms with van der Waals surface area (Å²) in [5.41, 5.74) is 0.561. The van der Waals surface area contributed by atoms with Crippen molar-refractivity contribution in [2.24, 2.45) is 0 Å². The molecule has 0 aliphatic carbocycles. The van der Waals surface area contributed by atoms with Gasteiger partial charge in [-0.05, 0) is 26.0 Å². The minimum Gasteiger partial charge on any atom is -0.486 e. The zero-order valence-electron chi connectivity index (χ0n) is 11.4. The Morgan fingerprint density at radius 3 is 2.67 bits per heavy atom. The highest BCUT2D eigenvalue weighted by Gasteiger charge is 2.22. The predicted molar refractivity (Wildman–Crippen MR) is 81.3 cm³/mol. The average Bonchev–Trinajstić information content (AvgIpc) is 2.85. The van der Waals surface area contributed by atoms with Gasteiger partial charge in [-0.25, -0.2) is 9.78 Å². The number of hydrogen-bond donors (Lipinski definition) is 2. The number of rotatable bonds is 5. The summed E-state index contributed by atoms with van der Waals surface area (Å²) in [4.78, 5) is 15.5. The van der Waals surface area contributed by atoms with Gasteiger partial charge in [0.25, 0.3) is 0 Å². The van der Waals surface area contributed by atoms with E-state index in [1.54, 1.807) is 26.0 Å². The molecular formula is C14H14ClNO4S. The Morgan fingerprint density at radius 2 is 2.14 bits per heavy atom. The van der Waals surface area contributed by atoms with E-state index in [0.717, 1.165) is 0 Å². The van der Waals surface area contributed by atoms with Crippen LogP contribution >= 0.6 is 22.9 Å². The molecule has 5 nitrogen and oxygen atoms in total. The number of aromatic carboxylic acids is 1. The first-order chi connectivity index (χ1) is 9.90. The number of nitrogens with zero attached hydrogens (tertiary/aromatic N) is 1. The molecule has 2 unspecified atom stereocenters. The van der Waals surface area contributed by atoms with Gasteiger partial charge in [-0.1, -0.05) is 17.7 Å². The summed E-state index contributed by atoms with van der Waals surface area (Å²) in [6, 6.07) is 4.78. The zero-order valence-corrected chi connectivity index (χ0v) is 13.0. The number of aromatic nitrogens is 1. The molecule has 2 atom stereocenters.